The minimum atomic E-state index is -3.86. The monoisotopic (exact) mass is 727 g/mol. The quantitative estimate of drug-likeness (QED) is 0.396. The lowest BCUT2D eigenvalue weighted by Gasteiger charge is -2.30. The Kier molecular flexibility index (Phi) is 10.2. The summed E-state index contributed by atoms with van der Waals surface area (Å²) >= 11 is 0. The molecular weight excluding hydrogens is 678 g/mol. The molecule has 278 valence electrons. The van der Waals surface area contributed by atoms with Crippen LogP contribution in [0.15, 0.2) is 24.3 Å². The zero-order valence-electron chi connectivity index (χ0n) is 29.0. The van der Waals surface area contributed by atoms with Crippen molar-refractivity contribution in [1.82, 2.24) is 25.2 Å². The van der Waals surface area contributed by atoms with E-state index in [9.17, 15) is 32.4 Å². The van der Waals surface area contributed by atoms with Crippen LogP contribution in [0.5, 0.6) is 0 Å². The van der Waals surface area contributed by atoms with Gasteiger partial charge in [-0.3, -0.25) is 24.0 Å². The van der Waals surface area contributed by atoms with Gasteiger partial charge in [0, 0.05) is 19.5 Å². The minimum absolute atomic E-state index is 0.0217. The topological polar surface area (TPSA) is 181 Å². The van der Waals surface area contributed by atoms with E-state index in [4.69, 9.17) is 9.47 Å². The maximum atomic E-state index is 14.4. The molecule has 3 saturated carbocycles. The van der Waals surface area contributed by atoms with Gasteiger partial charge in [-0.2, -0.15) is 0 Å². The summed E-state index contributed by atoms with van der Waals surface area (Å²) < 4.78 is 39.3. The Labute approximate surface area is 298 Å². The van der Waals surface area contributed by atoms with Crippen molar-refractivity contribution >= 4 is 39.9 Å². The SMILES string of the molecule is O=C(N[C@H]1CCCCCCC[C@@H]2C[C@@]2(C(=O)NS(=O)(=O)C2CC2)NC(=O)[C@@H]2C[C@@H](OC(=O)N3Cc4ccccc4C3)CN2C1=O)OC1CCCC1. The number of carbonyl (C=O) groups is 5. The Morgan fingerprint density at radius 2 is 1.47 bits per heavy atom. The second-order valence-corrected chi connectivity index (χ2v) is 17.2. The highest BCUT2D eigenvalue weighted by molar-refractivity contribution is 7.91. The van der Waals surface area contributed by atoms with E-state index in [0.29, 0.717) is 45.2 Å². The first-order valence-corrected chi connectivity index (χ1v) is 20.2. The van der Waals surface area contributed by atoms with Gasteiger partial charge in [-0.25, -0.2) is 18.0 Å². The number of sulfonamides is 1. The molecule has 0 bridgehead atoms. The molecule has 2 saturated heterocycles. The number of rotatable bonds is 6. The van der Waals surface area contributed by atoms with Gasteiger partial charge in [-0.05, 0) is 74.8 Å². The Morgan fingerprint density at radius 1 is 0.824 bits per heavy atom. The lowest BCUT2D eigenvalue weighted by atomic mass is 10.0. The molecule has 1 aromatic rings. The molecule has 3 heterocycles. The van der Waals surface area contributed by atoms with Crippen LogP contribution < -0.4 is 15.4 Å². The number of nitrogens with one attached hydrogen (secondary N) is 3. The minimum Gasteiger partial charge on any atom is -0.446 e. The molecule has 5 fully saturated rings. The van der Waals surface area contributed by atoms with Crippen molar-refractivity contribution in [1.29, 1.82) is 0 Å². The highest BCUT2D eigenvalue weighted by atomic mass is 32.2. The van der Waals surface area contributed by atoms with Gasteiger partial charge in [0.15, 0.2) is 0 Å². The second-order valence-electron chi connectivity index (χ2n) is 15.3. The first kappa shape index (κ1) is 35.5. The van der Waals surface area contributed by atoms with Crippen LogP contribution in [-0.4, -0.2) is 89.8 Å². The largest absolute Gasteiger partial charge is 0.446 e. The van der Waals surface area contributed by atoms with Crippen LogP contribution in [-0.2, 0) is 47.0 Å². The fraction of sp³-hybridized carbons (Fsp3) is 0.694. The molecule has 7 rings (SSSR count). The highest BCUT2D eigenvalue weighted by Gasteiger charge is 2.62. The fourth-order valence-corrected chi connectivity index (χ4v) is 9.63. The summed E-state index contributed by atoms with van der Waals surface area (Å²) in [5, 5.41) is 5.05. The summed E-state index contributed by atoms with van der Waals surface area (Å²) in [4.78, 5) is 71.5. The molecule has 51 heavy (non-hydrogen) atoms. The number of ether oxygens (including phenoxy) is 2. The summed E-state index contributed by atoms with van der Waals surface area (Å²) in [7, 11) is -3.86. The molecular formula is C36H49N5O9S. The molecule has 15 heteroatoms. The summed E-state index contributed by atoms with van der Waals surface area (Å²) in [6.07, 6.45) is 7.46. The van der Waals surface area contributed by atoms with Crippen LogP contribution in [0.3, 0.4) is 0 Å². The van der Waals surface area contributed by atoms with Crippen molar-refractivity contribution < 1.29 is 41.9 Å². The number of nitrogens with zero attached hydrogens (tertiary/aromatic N) is 2. The van der Waals surface area contributed by atoms with Crippen molar-refractivity contribution in [2.75, 3.05) is 6.54 Å². The first-order chi connectivity index (χ1) is 24.5. The maximum Gasteiger partial charge on any atom is 0.410 e. The Morgan fingerprint density at radius 3 is 2.16 bits per heavy atom. The summed E-state index contributed by atoms with van der Waals surface area (Å²) in [5.74, 6) is -2.13. The van der Waals surface area contributed by atoms with Crippen LogP contribution in [0.25, 0.3) is 0 Å². The number of amides is 5. The predicted molar refractivity (Wildman–Crippen MR) is 183 cm³/mol. The molecule has 0 radical (unpaired) electrons. The van der Waals surface area contributed by atoms with E-state index < -0.39 is 68.9 Å². The molecule has 1 aromatic carbocycles. The second kappa shape index (κ2) is 14.6. The third-order valence-electron chi connectivity index (χ3n) is 11.5. The van der Waals surface area contributed by atoms with Crippen LogP contribution in [0, 0.1) is 5.92 Å². The van der Waals surface area contributed by atoms with Gasteiger partial charge < -0.3 is 25.0 Å². The lowest BCUT2D eigenvalue weighted by molar-refractivity contribution is -0.141. The number of carbonyl (C=O) groups excluding carboxylic acids is 5. The van der Waals surface area contributed by atoms with Gasteiger partial charge in [0.25, 0.3) is 5.91 Å². The highest BCUT2D eigenvalue weighted by Crippen LogP contribution is 2.48. The summed E-state index contributed by atoms with van der Waals surface area (Å²) in [6, 6.07) is 5.62. The van der Waals surface area contributed by atoms with Crippen molar-refractivity contribution in [2.45, 2.75) is 144 Å². The van der Waals surface area contributed by atoms with Gasteiger partial charge in [-0.1, -0.05) is 56.4 Å². The Balaban J connectivity index is 1.11. The van der Waals surface area contributed by atoms with Gasteiger partial charge >= 0.3 is 12.2 Å². The van der Waals surface area contributed by atoms with Crippen LogP contribution in [0.4, 0.5) is 9.59 Å². The van der Waals surface area contributed by atoms with Crippen LogP contribution >= 0.6 is 0 Å². The molecule has 5 atom stereocenters. The van der Waals surface area contributed by atoms with Gasteiger partial charge in [0.05, 0.1) is 11.8 Å². The average Bonchev–Trinajstić information content (AvgIpc) is 3.88. The fourth-order valence-electron chi connectivity index (χ4n) is 8.27. The van der Waals surface area contributed by atoms with Gasteiger partial charge in [0.2, 0.25) is 21.8 Å². The summed E-state index contributed by atoms with van der Waals surface area (Å²) in [5.41, 5.74) is 0.618. The van der Waals surface area contributed by atoms with Crippen LogP contribution in [0.1, 0.15) is 107 Å². The van der Waals surface area contributed by atoms with Gasteiger partial charge in [-0.15, -0.1) is 0 Å². The number of alkyl carbamates (subject to hydrolysis) is 1. The number of hydrogen-bond donors (Lipinski definition) is 3. The molecule has 6 aliphatic rings. The Hall–Kier alpha value is -3.88. The van der Waals surface area contributed by atoms with E-state index in [-0.39, 0.29) is 31.4 Å². The number of hydrogen-bond acceptors (Lipinski definition) is 9. The normalized spacial score (nSPS) is 30.2. The predicted octanol–water partition coefficient (Wildman–Crippen LogP) is 3.37. The molecule has 14 nitrogen and oxygen atoms in total. The number of fused-ring (bicyclic) bond motifs is 3. The van der Waals surface area contributed by atoms with Crippen molar-refractivity contribution in [3.05, 3.63) is 35.4 Å². The van der Waals surface area contributed by atoms with Crippen molar-refractivity contribution in [2.24, 2.45) is 5.92 Å². The molecule has 0 aromatic heterocycles. The maximum absolute atomic E-state index is 14.4. The van der Waals surface area contributed by atoms with E-state index in [1.54, 1.807) is 4.90 Å². The Bertz CT molecular complexity index is 1620. The molecule has 0 spiro atoms. The zero-order valence-corrected chi connectivity index (χ0v) is 29.8. The van der Waals surface area contributed by atoms with E-state index in [1.807, 2.05) is 24.3 Å². The standard InChI is InChI=1S/C36H49N5O9S/c42-31-30-18-27(50-35(46)40-20-23-10-6-7-11-24(23)21-40)22-41(30)32(43)29(37-34(45)49-26-13-8-9-14-26)15-5-3-1-2-4-12-25-19-36(25,38-31)33(44)39-51(47,48)28-16-17-28/h6-7,10-11,25-30H,1-5,8-9,12-22H2,(H,37,45)(H,38,42)(H,39,44)/t25-,27-,29+,30+,36-/m1/s1. The molecule has 3 aliphatic heterocycles. The molecule has 5 amide bonds. The molecule has 3 aliphatic carbocycles. The van der Waals surface area contributed by atoms with E-state index >= 15 is 0 Å². The number of benzene rings is 1. The molecule has 0 unspecified atom stereocenters. The average molecular weight is 728 g/mol. The van der Waals surface area contributed by atoms with E-state index in [2.05, 4.69) is 15.4 Å². The third-order valence-corrected chi connectivity index (χ3v) is 13.3. The van der Waals surface area contributed by atoms with Crippen molar-refractivity contribution in [3.8, 4) is 0 Å². The van der Waals surface area contributed by atoms with Crippen molar-refractivity contribution in [3.63, 3.8) is 0 Å². The smallest absolute Gasteiger partial charge is 0.410 e. The lowest BCUT2D eigenvalue weighted by Crippen LogP contribution is -2.58. The van der Waals surface area contributed by atoms with E-state index in [0.717, 1.165) is 62.5 Å². The van der Waals surface area contributed by atoms with E-state index in [1.165, 1.54) is 4.90 Å². The third kappa shape index (κ3) is 7.97. The molecule has 3 N–H and O–H groups in total. The summed E-state index contributed by atoms with van der Waals surface area (Å²) in [6.45, 7) is 0.677. The first-order valence-electron chi connectivity index (χ1n) is 18.7. The van der Waals surface area contributed by atoms with Crippen LogP contribution in [0.2, 0.25) is 0 Å². The zero-order chi connectivity index (χ0) is 35.8. The van der Waals surface area contributed by atoms with Gasteiger partial charge in [0.1, 0.15) is 29.8 Å².